The van der Waals surface area contributed by atoms with Gasteiger partial charge in [0.2, 0.25) is 0 Å². The van der Waals surface area contributed by atoms with Gasteiger partial charge in [-0.05, 0) is 18.2 Å². The van der Waals surface area contributed by atoms with Gasteiger partial charge in [0.05, 0.1) is 23.7 Å². The molecule has 9 nitrogen and oxygen atoms in total. The van der Waals surface area contributed by atoms with Crippen LogP contribution >= 0.6 is 0 Å². The van der Waals surface area contributed by atoms with Crippen LogP contribution in [0.1, 0.15) is 5.56 Å². The van der Waals surface area contributed by atoms with Gasteiger partial charge >= 0.3 is 0 Å². The van der Waals surface area contributed by atoms with Crippen LogP contribution in [-0.2, 0) is 4.79 Å². The minimum absolute atomic E-state index is 0.0277. The third-order valence-electron chi connectivity index (χ3n) is 3.51. The number of rotatable bonds is 9. The first kappa shape index (κ1) is 19.5. The predicted octanol–water partition coefficient (Wildman–Crippen LogP) is 2.08. The standard InChI is InChI=1S/C18H18N4O5/c1-26-17-10-13(11-19)6-7-16(17)27-12-18(23)21-9-8-20-14-4-2-3-5-15(14)22(24)25/h2-7,10,20H,8-9,12H2,1H3,(H,21,23). The van der Waals surface area contributed by atoms with Gasteiger partial charge in [-0.15, -0.1) is 0 Å². The highest BCUT2D eigenvalue weighted by Gasteiger charge is 2.12. The quantitative estimate of drug-likeness (QED) is 0.393. The van der Waals surface area contributed by atoms with Crippen LogP contribution in [0.25, 0.3) is 0 Å². The maximum atomic E-state index is 11.9. The molecule has 0 saturated heterocycles. The van der Waals surface area contributed by atoms with E-state index >= 15 is 0 Å². The summed E-state index contributed by atoms with van der Waals surface area (Å²) in [4.78, 5) is 22.3. The monoisotopic (exact) mass is 370 g/mol. The van der Waals surface area contributed by atoms with Crippen molar-refractivity contribution in [1.29, 1.82) is 5.26 Å². The number of benzene rings is 2. The third kappa shape index (κ3) is 5.61. The number of hydrogen-bond donors (Lipinski definition) is 2. The van der Waals surface area contributed by atoms with Crippen molar-refractivity contribution in [3.63, 3.8) is 0 Å². The molecule has 0 aliphatic heterocycles. The van der Waals surface area contributed by atoms with Crippen LogP contribution in [0.15, 0.2) is 42.5 Å². The Kier molecular flexibility index (Phi) is 6.96. The number of ether oxygens (including phenoxy) is 2. The van der Waals surface area contributed by atoms with Crippen molar-refractivity contribution in [2.45, 2.75) is 0 Å². The summed E-state index contributed by atoms with van der Waals surface area (Å²) in [7, 11) is 1.44. The molecule has 0 heterocycles. The van der Waals surface area contributed by atoms with Gasteiger partial charge < -0.3 is 20.1 Å². The van der Waals surface area contributed by atoms with Gasteiger partial charge in [0.25, 0.3) is 11.6 Å². The second-order valence-electron chi connectivity index (χ2n) is 5.32. The van der Waals surface area contributed by atoms with Crippen LogP contribution in [-0.4, -0.2) is 37.6 Å². The Morgan fingerprint density at radius 1 is 1.22 bits per heavy atom. The average molecular weight is 370 g/mol. The first-order valence-corrected chi connectivity index (χ1v) is 8.00. The topological polar surface area (TPSA) is 127 Å². The van der Waals surface area contributed by atoms with E-state index in [0.29, 0.717) is 29.3 Å². The highest BCUT2D eigenvalue weighted by molar-refractivity contribution is 5.77. The first-order valence-electron chi connectivity index (χ1n) is 8.00. The molecule has 2 rings (SSSR count). The fraction of sp³-hybridized carbons (Fsp3) is 0.222. The van der Waals surface area contributed by atoms with Gasteiger partial charge in [-0.25, -0.2) is 0 Å². The summed E-state index contributed by atoms with van der Waals surface area (Å²) in [5.41, 5.74) is 0.778. The molecule has 2 N–H and O–H groups in total. The molecule has 0 saturated carbocycles. The van der Waals surface area contributed by atoms with Crippen LogP contribution in [0.4, 0.5) is 11.4 Å². The lowest BCUT2D eigenvalue weighted by molar-refractivity contribution is -0.384. The van der Waals surface area contributed by atoms with Gasteiger partial charge in [-0.1, -0.05) is 12.1 Å². The smallest absolute Gasteiger partial charge is 0.292 e. The van der Waals surface area contributed by atoms with Gasteiger partial charge in [0, 0.05) is 25.2 Å². The molecule has 0 unspecified atom stereocenters. The fourth-order valence-electron chi connectivity index (χ4n) is 2.23. The lowest BCUT2D eigenvalue weighted by Gasteiger charge is -2.11. The molecule has 2 aromatic carbocycles. The summed E-state index contributed by atoms with van der Waals surface area (Å²) in [5.74, 6) is 0.357. The molecule has 0 radical (unpaired) electrons. The summed E-state index contributed by atoms with van der Waals surface area (Å²) in [5, 5.41) is 25.3. The van der Waals surface area contributed by atoms with Crippen molar-refractivity contribution in [1.82, 2.24) is 5.32 Å². The SMILES string of the molecule is COc1cc(C#N)ccc1OCC(=O)NCCNc1ccccc1[N+](=O)[O-]. The van der Waals surface area contributed by atoms with E-state index in [2.05, 4.69) is 10.6 Å². The van der Waals surface area contributed by atoms with Crippen LogP contribution < -0.4 is 20.1 Å². The molecule has 1 amide bonds. The fourth-order valence-corrected chi connectivity index (χ4v) is 2.23. The van der Waals surface area contributed by atoms with Gasteiger partial charge in [0.15, 0.2) is 18.1 Å². The molecule has 0 aliphatic rings. The van der Waals surface area contributed by atoms with Crippen LogP contribution in [0.5, 0.6) is 11.5 Å². The lowest BCUT2D eigenvalue weighted by Crippen LogP contribution is -2.32. The average Bonchev–Trinajstić information content (AvgIpc) is 2.69. The highest BCUT2D eigenvalue weighted by Crippen LogP contribution is 2.27. The number of nitro benzene ring substituents is 1. The van der Waals surface area contributed by atoms with E-state index in [9.17, 15) is 14.9 Å². The molecule has 0 fully saturated rings. The summed E-state index contributed by atoms with van der Waals surface area (Å²) in [6.45, 7) is 0.350. The van der Waals surface area contributed by atoms with Crippen LogP contribution in [0.3, 0.4) is 0 Å². The molecular formula is C18H18N4O5. The maximum absolute atomic E-state index is 11.9. The summed E-state index contributed by atoms with van der Waals surface area (Å²) in [6, 6.07) is 12.9. The Bertz CT molecular complexity index is 863. The molecule has 0 aromatic heterocycles. The normalized spacial score (nSPS) is 9.78. The van der Waals surface area contributed by atoms with Gasteiger partial charge in [-0.2, -0.15) is 5.26 Å². The van der Waals surface area contributed by atoms with E-state index < -0.39 is 4.92 Å². The molecule has 9 heteroatoms. The summed E-state index contributed by atoms with van der Waals surface area (Å²) < 4.78 is 10.5. The zero-order valence-corrected chi connectivity index (χ0v) is 14.6. The van der Waals surface area contributed by atoms with Gasteiger partial charge in [0.1, 0.15) is 5.69 Å². The number of carbonyl (C=O) groups is 1. The third-order valence-corrected chi connectivity index (χ3v) is 3.51. The number of para-hydroxylation sites is 2. The zero-order valence-electron chi connectivity index (χ0n) is 14.6. The highest BCUT2D eigenvalue weighted by atomic mass is 16.6. The van der Waals surface area contributed by atoms with Crippen molar-refractivity contribution < 1.29 is 19.2 Å². The number of carbonyl (C=O) groups excluding carboxylic acids is 1. The van der Waals surface area contributed by atoms with E-state index in [1.165, 1.54) is 19.2 Å². The number of amides is 1. The van der Waals surface area contributed by atoms with E-state index in [4.69, 9.17) is 14.7 Å². The van der Waals surface area contributed by atoms with Crippen LogP contribution in [0, 0.1) is 21.4 Å². The maximum Gasteiger partial charge on any atom is 0.292 e. The second kappa shape index (κ2) is 9.62. The number of nitrogens with zero attached hydrogens (tertiary/aromatic N) is 2. The Labute approximate surface area is 155 Å². The lowest BCUT2D eigenvalue weighted by atomic mass is 10.2. The number of nitro groups is 1. The van der Waals surface area contributed by atoms with Crippen molar-refractivity contribution >= 4 is 17.3 Å². The molecular weight excluding hydrogens is 352 g/mol. The van der Waals surface area contributed by atoms with Crippen molar-refractivity contribution in [2.24, 2.45) is 0 Å². The number of methoxy groups -OCH3 is 1. The number of anilines is 1. The Balaban J connectivity index is 1.78. The molecule has 0 aliphatic carbocycles. The second-order valence-corrected chi connectivity index (χ2v) is 5.32. The Morgan fingerprint density at radius 2 is 2.00 bits per heavy atom. The van der Waals surface area contributed by atoms with Crippen molar-refractivity contribution in [2.75, 3.05) is 32.1 Å². The minimum atomic E-state index is -0.472. The molecule has 27 heavy (non-hydrogen) atoms. The van der Waals surface area contributed by atoms with Crippen molar-refractivity contribution in [3.05, 3.63) is 58.1 Å². The molecule has 2 aromatic rings. The van der Waals surface area contributed by atoms with E-state index in [-0.39, 0.29) is 24.7 Å². The minimum Gasteiger partial charge on any atom is -0.493 e. The molecule has 0 bridgehead atoms. The number of nitriles is 1. The van der Waals surface area contributed by atoms with Gasteiger partial charge in [-0.3, -0.25) is 14.9 Å². The summed E-state index contributed by atoms with van der Waals surface area (Å²) in [6.07, 6.45) is 0. The Morgan fingerprint density at radius 3 is 2.70 bits per heavy atom. The van der Waals surface area contributed by atoms with E-state index in [1.807, 2.05) is 6.07 Å². The Hall–Kier alpha value is -3.80. The molecule has 140 valence electrons. The van der Waals surface area contributed by atoms with Crippen molar-refractivity contribution in [3.8, 4) is 17.6 Å². The molecule has 0 atom stereocenters. The first-order chi connectivity index (χ1) is 13.0. The summed E-state index contributed by atoms with van der Waals surface area (Å²) >= 11 is 0. The number of hydrogen-bond acceptors (Lipinski definition) is 7. The molecule has 0 spiro atoms. The van der Waals surface area contributed by atoms with E-state index in [0.717, 1.165) is 0 Å². The predicted molar refractivity (Wildman–Crippen MR) is 97.8 cm³/mol. The number of nitrogens with one attached hydrogen (secondary N) is 2. The zero-order chi connectivity index (χ0) is 19.6. The van der Waals surface area contributed by atoms with Crippen LogP contribution in [0.2, 0.25) is 0 Å². The van der Waals surface area contributed by atoms with E-state index in [1.54, 1.807) is 30.3 Å². The largest absolute Gasteiger partial charge is 0.493 e.